The van der Waals surface area contributed by atoms with Gasteiger partial charge in [-0.1, -0.05) is 18.3 Å². The number of aryl methyl sites for hydroxylation is 3. The van der Waals surface area contributed by atoms with E-state index in [1.54, 1.807) is 6.20 Å². The summed E-state index contributed by atoms with van der Waals surface area (Å²) in [5.41, 5.74) is 8.03. The van der Waals surface area contributed by atoms with Crippen LogP contribution < -0.4 is 15.5 Å². The molecule has 2 N–H and O–H groups in total. The van der Waals surface area contributed by atoms with Crippen molar-refractivity contribution >= 4 is 28.4 Å². The van der Waals surface area contributed by atoms with Crippen molar-refractivity contribution in [1.82, 2.24) is 19.9 Å². The normalized spacial score (nSPS) is 10.9. The zero-order chi connectivity index (χ0) is 21.1. The first-order valence-electron chi connectivity index (χ1n) is 9.29. The second kappa shape index (κ2) is 8.56. The van der Waals surface area contributed by atoms with Crippen LogP contribution in [0.2, 0.25) is 0 Å². The summed E-state index contributed by atoms with van der Waals surface area (Å²) in [6.45, 7) is 6.14. The fourth-order valence-corrected chi connectivity index (χ4v) is 3.80. The van der Waals surface area contributed by atoms with E-state index in [2.05, 4.69) is 19.9 Å². The summed E-state index contributed by atoms with van der Waals surface area (Å²) < 4.78 is 5.62. The minimum atomic E-state index is -0.569. The van der Waals surface area contributed by atoms with Gasteiger partial charge in [0.1, 0.15) is 5.76 Å². The third-order valence-electron chi connectivity index (χ3n) is 4.26. The van der Waals surface area contributed by atoms with E-state index in [0.717, 1.165) is 34.1 Å². The first kappa shape index (κ1) is 20.7. The van der Waals surface area contributed by atoms with Crippen LogP contribution in [-0.4, -0.2) is 46.6 Å². The third-order valence-corrected chi connectivity index (χ3v) is 5.46. The largest absolute Gasteiger partial charge is 0.446 e. The lowest BCUT2D eigenvalue weighted by Gasteiger charge is -2.16. The molecule has 0 atom stereocenters. The lowest BCUT2D eigenvalue weighted by Crippen LogP contribution is -2.37. The maximum atomic E-state index is 12.1. The second-order valence-electron chi connectivity index (χ2n) is 6.81. The highest BCUT2D eigenvalue weighted by Gasteiger charge is 2.21. The lowest BCUT2D eigenvalue weighted by molar-refractivity contribution is 0.254. The SMILES string of the molecule is CCc1cnc(CCN(C(N)=O)c2nc(C)c(-c3cc(C)nc(N(C)C)n3)s2)o1. The van der Waals surface area contributed by atoms with Gasteiger partial charge in [-0.15, -0.1) is 0 Å². The van der Waals surface area contributed by atoms with Crippen molar-refractivity contribution in [2.45, 2.75) is 33.6 Å². The fraction of sp³-hybridized carbons (Fsp3) is 0.421. The van der Waals surface area contributed by atoms with Crippen molar-refractivity contribution in [3.8, 4) is 10.6 Å². The highest BCUT2D eigenvalue weighted by molar-refractivity contribution is 7.19. The van der Waals surface area contributed by atoms with E-state index in [-0.39, 0.29) is 0 Å². The van der Waals surface area contributed by atoms with Crippen LogP contribution in [0.25, 0.3) is 10.6 Å². The lowest BCUT2D eigenvalue weighted by atomic mass is 10.2. The third kappa shape index (κ3) is 4.70. The Bertz CT molecular complexity index is 1010. The molecule has 0 bridgehead atoms. The van der Waals surface area contributed by atoms with Crippen molar-refractivity contribution in [2.75, 3.05) is 30.4 Å². The summed E-state index contributed by atoms with van der Waals surface area (Å²) >= 11 is 1.38. The zero-order valence-electron chi connectivity index (χ0n) is 17.3. The van der Waals surface area contributed by atoms with Gasteiger partial charge in [0.25, 0.3) is 0 Å². The molecule has 0 saturated carbocycles. The number of thiazole rings is 1. The van der Waals surface area contributed by atoms with E-state index in [1.807, 2.05) is 45.8 Å². The standard InChI is InChI=1S/C19H25N7O2S/c1-6-13-10-21-15(28-13)7-8-26(17(20)27)19-23-12(3)16(29-19)14-9-11(2)22-18(24-14)25(4)5/h9-10H,6-8H2,1-5H3,(H2,20,27). The molecule has 0 aromatic carbocycles. The zero-order valence-corrected chi connectivity index (χ0v) is 18.1. The quantitative estimate of drug-likeness (QED) is 0.631. The van der Waals surface area contributed by atoms with Gasteiger partial charge in [-0.05, 0) is 19.9 Å². The van der Waals surface area contributed by atoms with E-state index >= 15 is 0 Å². The van der Waals surface area contributed by atoms with E-state index in [0.29, 0.717) is 29.9 Å². The molecular formula is C19H25N7O2S. The molecule has 10 heteroatoms. The predicted molar refractivity (Wildman–Crippen MR) is 113 cm³/mol. The molecule has 3 rings (SSSR count). The molecule has 154 valence electrons. The Labute approximate surface area is 173 Å². The maximum Gasteiger partial charge on any atom is 0.321 e. The Morgan fingerprint density at radius 3 is 2.62 bits per heavy atom. The molecule has 3 aromatic heterocycles. The molecule has 0 aliphatic heterocycles. The number of nitrogens with two attached hydrogens (primary N) is 1. The molecule has 2 amide bonds. The maximum absolute atomic E-state index is 12.1. The molecule has 9 nitrogen and oxygen atoms in total. The molecule has 0 radical (unpaired) electrons. The summed E-state index contributed by atoms with van der Waals surface area (Å²) in [6, 6.07) is 1.34. The predicted octanol–water partition coefficient (Wildman–Crippen LogP) is 2.96. The van der Waals surface area contributed by atoms with Gasteiger partial charge >= 0.3 is 6.03 Å². The fourth-order valence-electron chi connectivity index (χ4n) is 2.74. The molecule has 0 fully saturated rings. The highest BCUT2D eigenvalue weighted by Crippen LogP contribution is 2.34. The number of carbonyl (C=O) groups is 1. The number of urea groups is 1. The van der Waals surface area contributed by atoms with Gasteiger partial charge in [0.05, 0.1) is 22.5 Å². The van der Waals surface area contributed by atoms with Crippen molar-refractivity contribution in [3.63, 3.8) is 0 Å². The summed E-state index contributed by atoms with van der Waals surface area (Å²) in [4.78, 5) is 34.1. The van der Waals surface area contributed by atoms with Crippen LogP contribution in [0, 0.1) is 13.8 Å². The monoisotopic (exact) mass is 415 g/mol. The van der Waals surface area contributed by atoms with Crippen molar-refractivity contribution in [1.29, 1.82) is 0 Å². The minimum absolute atomic E-state index is 0.330. The molecule has 29 heavy (non-hydrogen) atoms. The van der Waals surface area contributed by atoms with Crippen molar-refractivity contribution < 1.29 is 9.21 Å². The second-order valence-corrected chi connectivity index (χ2v) is 7.79. The number of oxazole rings is 1. The first-order chi connectivity index (χ1) is 13.8. The molecule has 0 aliphatic rings. The summed E-state index contributed by atoms with van der Waals surface area (Å²) in [5.74, 6) is 2.01. The average molecular weight is 416 g/mol. The van der Waals surface area contributed by atoms with Crippen LogP contribution >= 0.6 is 11.3 Å². The molecule has 0 aliphatic carbocycles. The van der Waals surface area contributed by atoms with Crippen LogP contribution in [0.15, 0.2) is 16.7 Å². The van der Waals surface area contributed by atoms with E-state index < -0.39 is 6.03 Å². The number of anilines is 2. The molecule has 3 aromatic rings. The summed E-state index contributed by atoms with van der Waals surface area (Å²) in [6.07, 6.45) is 2.93. The number of hydrogen-bond acceptors (Lipinski definition) is 8. The minimum Gasteiger partial charge on any atom is -0.446 e. The van der Waals surface area contributed by atoms with Gasteiger partial charge in [-0.3, -0.25) is 4.90 Å². The van der Waals surface area contributed by atoms with Crippen LogP contribution in [0.3, 0.4) is 0 Å². The van der Waals surface area contributed by atoms with Gasteiger partial charge in [-0.2, -0.15) is 0 Å². The van der Waals surface area contributed by atoms with Crippen molar-refractivity contribution in [3.05, 3.63) is 35.3 Å². The number of aromatic nitrogens is 4. The van der Waals surface area contributed by atoms with Crippen LogP contribution in [-0.2, 0) is 12.8 Å². The Morgan fingerprint density at radius 2 is 2.00 bits per heavy atom. The topological polar surface area (TPSA) is 114 Å². The molecule has 0 unspecified atom stereocenters. The molecular weight excluding hydrogens is 390 g/mol. The van der Waals surface area contributed by atoms with Gasteiger partial charge < -0.3 is 15.1 Å². The van der Waals surface area contributed by atoms with Crippen LogP contribution in [0.1, 0.15) is 30.0 Å². The van der Waals surface area contributed by atoms with Crippen LogP contribution in [0.4, 0.5) is 15.9 Å². The van der Waals surface area contributed by atoms with E-state index in [1.165, 1.54) is 16.2 Å². The van der Waals surface area contributed by atoms with E-state index in [9.17, 15) is 4.79 Å². The number of rotatable bonds is 7. The molecule has 0 saturated heterocycles. The number of nitrogens with zero attached hydrogens (tertiary/aromatic N) is 6. The smallest absolute Gasteiger partial charge is 0.321 e. The van der Waals surface area contributed by atoms with Gasteiger partial charge in [0, 0.05) is 39.2 Å². The molecule has 3 heterocycles. The summed E-state index contributed by atoms with van der Waals surface area (Å²) in [7, 11) is 3.79. The average Bonchev–Trinajstić information content (AvgIpc) is 3.27. The Balaban J connectivity index is 1.87. The number of carbonyl (C=O) groups excluding carboxylic acids is 1. The number of hydrogen-bond donors (Lipinski definition) is 1. The van der Waals surface area contributed by atoms with Crippen molar-refractivity contribution in [2.24, 2.45) is 5.73 Å². The number of amides is 2. The van der Waals surface area contributed by atoms with Gasteiger partial charge in [-0.25, -0.2) is 24.7 Å². The Hall–Kier alpha value is -3.01. The van der Waals surface area contributed by atoms with Gasteiger partial charge in [0.2, 0.25) is 5.95 Å². The highest BCUT2D eigenvalue weighted by atomic mass is 32.1. The Morgan fingerprint density at radius 1 is 1.24 bits per heavy atom. The Kier molecular flexibility index (Phi) is 6.12. The summed E-state index contributed by atoms with van der Waals surface area (Å²) in [5, 5.41) is 0.523. The van der Waals surface area contributed by atoms with E-state index in [4.69, 9.17) is 10.2 Å². The first-order valence-corrected chi connectivity index (χ1v) is 10.1. The molecule has 0 spiro atoms. The van der Waals surface area contributed by atoms with Gasteiger partial charge in [0.15, 0.2) is 11.0 Å². The van der Waals surface area contributed by atoms with Crippen LogP contribution in [0.5, 0.6) is 0 Å². The number of primary amides is 1.